The van der Waals surface area contributed by atoms with E-state index in [-0.39, 0.29) is 0 Å². The Balaban J connectivity index is 1.09. The molecule has 1 aliphatic rings. The van der Waals surface area contributed by atoms with E-state index in [0.717, 1.165) is 38.6 Å². The predicted octanol–water partition coefficient (Wildman–Crippen LogP) is 14.4. The fraction of sp³-hybridized carbons (Fsp3) is 0.0179. The van der Waals surface area contributed by atoms with Crippen molar-refractivity contribution in [2.75, 3.05) is 0 Å². The molecule has 0 bridgehead atoms. The Labute approximate surface area is 352 Å². The van der Waals surface area contributed by atoms with Crippen LogP contribution in [0.1, 0.15) is 22.3 Å². The molecule has 4 heteroatoms. The highest BCUT2D eigenvalue weighted by atomic mass is 32.1. The Morgan fingerprint density at radius 1 is 0.333 bits per heavy atom. The van der Waals surface area contributed by atoms with Crippen molar-refractivity contribution in [2.45, 2.75) is 5.41 Å². The molecule has 0 unspecified atom stereocenters. The molecule has 0 N–H and O–H groups in total. The Kier molecular flexibility index (Phi) is 7.94. The minimum Gasteiger partial charge on any atom is -0.208 e. The third kappa shape index (κ3) is 5.31. The van der Waals surface area contributed by atoms with E-state index in [9.17, 15) is 0 Å². The van der Waals surface area contributed by atoms with Crippen molar-refractivity contribution in [2.24, 2.45) is 0 Å². The fourth-order valence-electron chi connectivity index (χ4n) is 9.56. The van der Waals surface area contributed by atoms with Crippen molar-refractivity contribution in [3.05, 3.63) is 235 Å². The van der Waals surface area contributed by atoms with Crippen LogP contribution in [0.4, 0.5) is 0 Å². The van der Waals surface area contributed by atoms with Crippen LogP contribution in [0.5, 0.6) is 0 Å². The Morgan fingerprint density at radius 3 is 1.53 bits per heavy atom. The molecule has 3 nitrogen and oxygen atoms in total. The maximum absolute atomic E-state index is 5.25. The van der Waals surface area contributed by atoms with Gasteiger partial charge in [-0.3, -0.25) is 0 Å². The molecule has 60 heavy (non-hydrogen) atoms. The minimum absolute atomic E-state index is 0.467. The van der Waals surface area contributed by atoms with Crippen molar-refractivity contribution in [3.8, 4) is 56.4 Å². The summed E-state index contributed by atoms with van der Waals surface area (Å²) in [6.45, 7) is 0. The first-order valence-corrected chi connectivity index (χ1v) is 21.2. The first kappa shape index (κ1) is 34.5. The maximum atomic E-state index is 5.25. The van der Waals surface area contributed by atoms with E-state index in [4.69, 9.17) is 15.0 Å². The van der Waals surface area contributed by atoms with Gasteiger partial charge in [-0.05, 0) is 79.5 Å². The highest BCUT2D eigenvalue weighted by Gasteiger charge is 2.46. The zero-order valence-electron chi connectivity index (χ0n) is 32.5. The van der Waals surface area contributed by atoms with E-state index in [1.54, 1.807) is 0 Å². The van der Waals surface area contributed by atoms with Gasteiger partial charge >= 0.3 is 0 Å². The van der Waals surface area contributed by atoms with Crippen LogP contribution in [0.15, 0.2) is 212 Å². The van der Waals surface area contributed by atoms with Crippen molar-refractivity contribution in [3.63, 3.8) is 0 Å². The molecular weight excluding hydrogens is 747 g/mol. The molecule has 0 aliphatic heterocycles. The molecule has 280 valence electrons. The Bertz CT molecular complexity index is 3330. The summed E-state index contributed by atoms with van der Waals surface area (Å²) in [5.41, 5.74) is 12.4. The third-order valence-electron chi connectivity index (χ3n) is 12.2. The molecule has 12 rings (SSSR count). The van der Waals surface area contributed by atoms with Gasteiger partial charge in [0.15, 0.2) is 17.5 Å². The summed E-state index contributed by atoms with van der Waals surface area (Å²) >= 11 is 1.85. The van der Waals surface area contributed by atoms with Crippen LogP contribution in [0, 0.1) is 0 Å². The van der Waals surface area contributed by atoms with Crippen molar-refractivity contribution < 1.29 is 0 Å². The lowest BCUT2D eigenvalue weighted by atomic mass is 9.67. The van der Waals surface area contributed by atoms with Gasteiger partial charge in [-0.1, -0.05) is 188 Å². The number of benzene rings is 9. The molecule has 0 radical (unpaired) electrons. The van der Waals surface area contributed by atoms with E-state index in [1.165, 1.54) is 53.6 Å². The zero-order valence-corrected chi connectivity index (χ0v) is 33.3. The van der Waals surface area contributed by atoms with Crippen LogP contribution in [-0.2, 0) is 5.41 Å². The molecule has 0 fully saturated rings. The van der Waals surface area contributed by atoms with Crippen LogP contribution in [0.2, 0.25) is 0 Å². The summed E-state index contributed by atoms with van der Waals surface area (Å²) in [6, 6.07) is 76.5. The molecule has 0 spiro atoms. The Hall–Kier alpha value is -7.53. The molecule has 0 amide bonds. The fourth-order valence-corrected chi connectivity index (χ4v) is 10.6. The van der Waals surface area contributed by atoms with Crippen LogP contribution in [0.25, 0.3) is 87.4 Å². The number of hydrogen-bond acceptors (Lipinski definition) is 4. The number of thiophene rings is 1. The highest BCUT2D eigenvalue weighted by molar-refractivity contribution is 7.25. The standard InChI is InChI=1S/C56H35N3S/c1-4-17-37(18-5-1)53-57-54(38-19-6-2-7-20-38)59-55(58-53)52-42-23-11-10-16-36(42)28-31-43(52)39-29-32-50-46(34-39)47-35-41(30-33-51(47)60-50)56(40-21-8-3-9-22-40)48-26-14-12-24-44(48)45-25-13-15-27-49(45)56/h1-35H. The Morgan fingerprint density at radius 2 is 0.867 bits per heavy atom. The van der Waals surface area contributed by atoms with Gasteiger partial charge in [0, 0.05) is 36.9 Å². The summed E-state index contributed by atoms with van der Waals surface area (Å²) in [4.78, 5) is 15.5. The van der Waals surface area contributed by atoms with Gasteiger partial charge in [-0.2, -0.15) is 0 Å². The molecule has 0 saturated carbocycles. The minimum atomic E-state index is -0.467. The molecule has 1 aliphatic carbocycles. The van der Waals surface area contributed by atoms with Crippen molar-refractivity contribution in [1.29, 1.82) is 0 Å². The van der Waals surface area contributed by atoms with Gasteiger partial charge in [0.25, 0.3) is 0 Å². The van der Waals surface area contributed by atoms with Gasteiger partial charge in [-0.25, -0.2) is 15.0 Å². The average Bonchev–Trinajstić information content (AvgIpc) is 3.85. The number of rotatable bonds is 6. The molecule has 0 atom stereocenters. The van der Waals surface area contributed by atoms with Crippen molar-refractivity contribution in [1.82, 2.24) is 15.0 Å². The second-order valence-electron chi connectivity index (χ2n) is 15.5. The van der Waals surface area contributed by atoms with E-state index < -0.39 is 5.41 Å². The summed E-state index contributed by atoms with van der Waals surface area (Å²) in [5.74, 6) is 1.94. The summed E-state index contributed by atoms with van der Waals surface area (Å²) < 4.78 is 2.52. The normalized spacial score (nSPS) is 12.8. The van der Waals surface area contributed by atoms with Gasteiger partial charge in [0.05, 0.1) is 5.41 Å². The van der Waals surface area contributed by atoms with Crippen LogP contribution in [-0.4, -0.2) is 15.0 Å². The highest BCUT2D eigenvalue weighted by Crippen LogP contribution is 2.56. The summed E-state index contributed by atoms with van der Waals surface area (Å²) in [5, 5.41) is 4.72. The lowest BCUT2D eigenvalue weighted by Crippen LogP contribution is -2.28. The van der Waals surface area contributed by atoms with E-state index in [0.29, 0.717) is 17.5 Å². The zero-order chi connectivity index (χ0) is 39.6. The van der Waals surface area contributed by atoms with E-state index in [1.807, 2.05) is 47.7 Å². The van der Waals surface area contributed by atoms with E-state index >= 15 is 0 Å². The van der Waals surface area contributed by atoms with Crippen molar-refractivity contribution >= 4 is 42.3 Å². The number of fused-ring (bicyclic) bond motifs is 7. The van der Waals surface area contributed by atoms with Crippen LogP contribution >= 0.6 is 11.3 Å². The first-order chi connectivity index (χ1) is 29.7. The molecule has 2 heterocycles. The number of hydrogen-bond donors (Lipinski definition) is 0. The number of nitrogens with zero attached hydrogens (tertiary/aromatic N) is 3. The second-order valence-corrected chi connectivity index (χ2v) is 16.6. The predicted molar refractivity (Wildman–Crippen MR) is 249 cm³/mol. The van der Waals surface area contributed by atoms with Crippen LogP contribution in [0.3, 0.4) is 0 Å². The smallest absolute Gasteiger partial charge is 0.165 e. The van der Waals surface area contributed by atoms with E-state index in [2.05, 4.69) is 176 Å². The summed E-state index contributed by atoms with van der Waals surface area (Å²) in [6.07, 6.45) is 0. The first-order valence-electron chi connectivity index (χ1n) is 20.4. The topological polar surface area (TPSA) is 38.7 Å². The average molecular weight is 782 g/mol. The third-order valence-corrected chi connectivity index (χ3v) is 13.4. The largest absolute Gasteiger partial charge is 0.208 e. The van der Waals surface area contributed by atoms with Crippen LogP contribution < -0.4 is 0 Å². The van der Waals surface area contributed by atoms with Gasteiger partial charge in [0.2, 0.25) is 0 Å². The summed E-state index contributed by atoms with van der Waals surface area (Å²) in [7, 11) is 0. The molecule has 2 aromatic heterocycles. The lowest BCUT2D eigenvalue weighted by molar-refractivity contribution is 0.770. The maximum Gasteiger partial charge on any atom is 0.165 e. The molecule has 9 aromatic carbocycles. The molecular formula is C56H35N3S. The SMILES string of the molecule is c1ccc(-c2nc(-c3ccccc3)nc(-c3c(-c4ccc5sc6ccc(C7(c8ccccc8)c8ccccc8-c8ccccc87)cc6c5c4)ccc4ccccc34)n2)cc1. The van der Waals surface area contributed by atoms with Gasteiger partial charge < -0.3 is 0 Å². The monoisotopic (exact) mass is 781 g/mol. The van der Waals surface area contributed by atoms with Gasteiger partial charge in [-0.15, -0.1) is 11.3 Å². The second kappa shape index (κ2) is 13.8. The molecule has 0 saturated heterocycles. The number of aromatic nitrogens is 3. The lowest BCUT2D eigenvalue weighted by Gasteiger charge is -2.34. The quantitative estimate of drug-likeness (QED) is 0.169. The van der Waals surface area contributed by atoms with Gasteiger partial charge in [0.1, 0.15) is 0 Å². The molecule has 11 aromatic rings.